The summed E-state index contributed by atoms with van der Waals surface area (Å²) in [6.07, 6.45) is 0.690. The molecule has 1 fully saturated rings. The lowest BCUT2D eigenvalue weighted by Crippen LogP contribution is -2.62. The van der Waals surface area contributed by atoms with Crippen LogP contribution in [0.5, 0.6) is 0 Å². The van der Waals surface area contributed by atoms with E-state index in [2.05, 4.69) is 5.32 Å². The molecule has 0 radical (unpaired) electrons. The molecule has 0 saturated carbocycles. The van der Waals surface area contributed by atoms with Crippen molar-refractivity contribution in [2.24, 2.45) is 5.92 Å². The molecule has 0 aromatic rings. The fourth-order valence-electron chi connectivity index (χ4n) is 1.29. The van der Waals surface area contributed by atoms with Crippen molar-refractivity contribution in [3.05, 3.63) is 0 Å². The SMILES string of the molecule is CCOC(=O)C1NC(=O)C1CC. The van der Waals surface area contributed by atoms with E-state index >= 15 is 0 Å². The summed E-state index contributed by atoms with van der Waals surface area (Å²) in [6.45, 7) is 4.00. The highest BCUT2D eigenvalue weighted by atomic mass is 16.5. The monoisotopic (exact) mass is 171 g/mol. The summed E-state index contributed by atoms with van der Waals surface area (Å²) in [5.74, 6) is -0.538. The molecule has 4 heteroatoms. The van der Waals surface area contributed by atoms with Crippen LogP contribution >= 0.6 is 0 Å². The largest absolute Gasteiger partial charge is 0.464 e. The maximum Gasteiger partial charge on any atom is 0.329 e. The van der Waals surface area contributed by atoms with Gasteiger partial charge in [-0.1, -0.05) is 6.92 Å². The minimum absolute atomic E-state index is 0.0458. The lowest BCUT2D eigenvalue weighted by Gasteiger charge is -2.33. The zero-order valence-electron chi connectivity index (χ0n) is 7.29. The molecule has 1 N–H and O–H groups in total. The maximum absolute atomic E-state index is 11.1. The maximum atomic E-state index is 11.1. The van der Waals surface area contributed by atoms with Crippen LogP contribution in [0, 0.1) is 5.92 Å². The molecule has 1 amide bonds. The molecule has 68 valence electrons. The number of rotatable bonds is 3. The van der Waals surface area contributed by atoms with Crippen LogP contribution in [0.1, 0.15) is 20.3 Å². The smallest absolute Gasteiger partial charge is 0.329 e. The zero-order chi connectivity index (χ0) is 9.14. The van der Waals surface area contributed by atoms with Crippen LogP contribution in [-0.4, -0.2) is 24.5 Å². The third kappa shape index (κ3) is 1.42. The molecule has 0 bridgehead atoms. The fraction of sp³-hybridized carbons (Fsp3) is 0.750. The van der Waals surface area contributed by atoms with Crippen molar-refractivity contribution in [1.82, 2.24) is 5.32 Å². The third-order valence-electron chi connectivity index (χ3n) is 2.02. The quantitative estimate of drug-likeness (QED) is 0.483. The Bertz CT molecular complexity index is 202. The summed E-state index contributed by atoms with van der Waals surface area (Å²) in [4.78, 5) is 22.0. The van der Waals surface area contributed by atoms with Crippen molar-refractivity contribution in [2.75, 3.05) is 6.61 Å². The summed E-state index contributed by atoms with van der Waals surface area (Å²) in [6, 6.07) is -0.401. The molecule has 0 aromatic carbocycles. The highest BCUT2D eigenvalue weighted by Gasteiger charge is 2.43. The molecule has 2 unspecified atom stereocenters. The van der Waals surface area contributed by atoms with Gasteiger partial charge in [-0.15, -0.1) is 0 Å². The third-order valence-corrected chi connectivity index (χ3v) is 2.02. The van der Waals surface area contributed by atoms with Crippen molar-refractivity contribution in [3.8, 4) is 0 Å². The van der Waals surface area contributed by atoms with Crippen LogP contribution in [0.4, 0.5) is 0 Å². The number of carbonyl (C=O) groups is 2. The van der Waals surface area contributed by atoms with E-state index in [9.17, 15) is 9.59 Å². The Morgan fingerprint density at radius 2 is 2.25 bits per heavy atom. The highest BCUT2D eigenvalue weighted by Crippen LogP contribution is 2.19. The van der Waals surface area contributed by atoms with Crippen molar-refractivity contribution >= 4 is 11.9 Å². The van der Waals surface area contributed by atoms with Gasteiger partial charge in [0.05, 0.1) is 12.5 Å². The first kappa shape index (κ1) is 9.03. The average Bonchev–Trinajstić information content (AvgIpc) is 2.01. The lowest BCUT2D eigenvalue weighted by atomic mass is 9.88. The molecule has 4 nitrogen and oxygen atoms in total. The van der Waals surface area contributed by atoms with Crippen molar-refractivity contribution in [3.63, 3.8) is 0 Å². The Kier molecular flexibility index (Phi) is 2.68. The van der Waals surface area contributed by atoms with Gasteiger partial charge in [-0.05, 0) is 13.3 Å². The molecule has 1 rings (SSSR count). The van der Waals surface area contributed by atoms with E-state index in [1.807, 2.05) is 6.92 Å². The summed E-state index contributed by atoms with van der Waals surface area (Å²) in [5.41, 5.74) is 0. The van der Waals surface area contributed by atoms with Crippen molar-refractivity contribution < 1.29 is 14.3 Å². The van der Waals surface area contributed by atoms with Gasteiger partial charge in [0.25, 0.3) is 0 Å². The van der Waals surface area contributed by atoms with Gasteiger partial charge in [-0.25, -0.2) is 4.79 Å². The second-order valence-corrected chi connectivity index (χ2v) is 2.75. The zero-order valence-corrected chi connectivity index (χ0v) is 7.29. The Hall–Kier alpha value is -1.06. The second-order valence-electron chi connectivity index (χ2n) is 2.75. The molecule has 1 aliphatic heterocycles. The molecule has 1 aliphatic rings. The van der Waals surface area contributed by atoms with Gasteiger partial charge in [0.1, 0.15) is 6.04 Å². The summed E-state index contributed by atoms with van der Waals surface area (Å²) in [7, 11) is 0. The number of carbonyl (C=O) groups excluding carboxylic acids is 2. The minimum Gasteiger partial charge on any atom is -0.464 e. The number of amides is 1. The van der Waals surface area contributed by atoms with Gasteiger partial charge < -0.3 is 10.1 Å². The molecule has 0 spiro atoms. The summed E-state index contributed by atoms with van der Waals surface area (Å²) in [5, 5.41) is 2.51. The van der Waals surface area contributed by atoms with Gasteiger partial charge in [-0.3, -0.25) is 4.79 Å². The van der Waals surface area contributed by atoms with Crippen molar-refractivity contribution in [2.45, 2.75) is 26.3 Å². The van der Waals surface area contributed by atoms with Gasteiger partial charge >= 0.3 is 5.97 Å². The number of esters is 1. The Balaban J connectivity index is 2.44. The average molecular weight is 171 g/mol. The Labute approximate surface area is 71.3 Å². The Morgan fingerprint density at radius 3 is 2.67 bits per heavy atom. The highest BCUT2D eigenvalue weighted by molar-refractivity contribution is 5.97. The van der Waals surface area contributed by atoms with Crippen LogP contribution in [0.15, 0.2) is 0 Å². The van der Waals surface area contributed by atoms with Crippen LogP contribution in [-0.2, 0) is 14.3 Å². The topological polar surface area (TPSA) is 55.4 Å². The molecule has 2 atom stereocenters. The molecule has 0 aliphatic carbocycles. The van der Waals surface area contributed by atoms with Crippen LogP contribution in [0.3, 0.4) is 0 Å². The van der Waals surface area contributed by atoms with Crippen LogP contribution in [0.2, 0.25) is 0 Å². The molecular weight excluding hydrogens is 158 g/mol. The normalized spacial score (nSPS) is 27.3. The van der Waals surface area contributed by atoms with E-state index in [-0.39, 0.29) is 17.8 Å². The predicted molar refractivity (Wildman–Crippen MR) is 42.3 cm³/mol. The van der Waals surface area contributed by atoms with Gasteiger partial charge in [0.2, 0.25) is 5.91 Å². The fourth-order valence-corrected chi connectivity index (χ4v) is 1.29. The van der Waals surface area contributed by atoms with Crippen molar-refractivity contribution in [1.29, 1.82) is 0 Å². The van der Waals surface area contributed by atoms with E-state index in [0.29, 0.717) is 13.0 Å². The summed E-state index contributed by atoms with van der Waals surface area (Å²) >= 11 is 0. The molecule has 12 heavy (non-hydrogen) atoms. The van der Waals surface area contributed by atoms with Gasteiger partial charge in [0.15, 0.2) is 0 Å². The van der Waals surface area contributed by atoms with Gasteiger partial charge in [-0.2, -0.15) is 0 Å². The molecule has 1 heterocycles. The number of β-lactam (4-membered cyclic amide) rings is 1. The second kappa shape index (κ2) is 3.56. The number of ether oxygens (including phenoxy) is 1. The van der Waals surface area contributed by atoms with Crippen LogP contribution < -0.4 is 5.32 Å². The Morgan fingerprint density at radius 1 is 1.58 bits per heavy atom. The van der Waals surface area contributed by atoms with E-state index in [1.165, 1.54) is 0 Å². The standard InChI is InChI=1S/C8H13NO3/c1-3-5-6(9-7(5)10)8(11)12-4-2/h5-6H,3-4H2,1-2H3,(H,9,10). The number of nitrogens with one attached hydrogen (secondary N) is 1. The summed E-state index contributed by atoms with van der Waals surface area (Å²) < 4.78 is 4.77. The molecular formula is C8H13NO3. The minimum atomic E-state index is -0.401. The van der Waals surface area contributed by atoms with E-state index in [1.54, 1.807) is 6.92 Å². The van der Waals surface area contributed by atoms with Crippen LogP contribution in [0.25, 0.3) is 0 Å². The molecule has 1 saturated heterocycles. The van der Waals surface area contributed by atoms with Gasteiger partial charge in [0, 0.05) is 0 Å². The lowest BCUT2D eigenvalue weighted by molar-refractivity contribution is -0.157. The predicted octanol–water partition coefficient (Wildman–Crippen LogP) is 0.0741. The molecule has 0 aromatic heterocycles. The number of hydrogen-bond donors (Lipinski definition) is 1. The first-order chi connectivity index (χ1) is 5.70. The number of hydrogen-bond acceptors (Lipinski definition) is 3. The first-order valence-electron chi connectivity index (χ1n) is 4.17. The van der Waals surface area contributed by atoms with E-state index in [0.717, 1.165) is 0 Å². The first-order valence-corrected chi connectivity index (χ1v) is 4.17. The van der Waals surface area contributed by atoms with E-state index < -0.39 is 6.04 Å². The van der Waals surface area contributed by atoms with E-state index in [4.69, 9.17) is 4.74 Å².